The Labute approximate surface area is 129 Å². The first-order valence-electron chi connectivity index (χ1n) is 6.92. The van der Waals surface area contributed by atoms with Gasteiger partial charge in [0.1, 0.15) is 16.2 Å². The van der Waals surface area contributed by atoms with Gasteiger partial charge in [0.05, 0.1) is 6.54 Å². The SMILES string of the molecule is CCN(CC(=O)NC(C)C)c1cc(Br)nc(C(C)C)n1. The summed E-state index contributed by atoms with van der Waals surface area (Å²) < 4.78 is 0.744. The summed E-state index contributed by atoms with van der Waals surface area (Å²) in [5, 5.41) is 2.89. The van der Waals surface area contributed by atoms with Crippen molar-refractivity contribution in [1.82, 2.24) is 15.3 Å². The minimum absolute atomic E-state index is 0.00248. The van der Waals surface area contributed by atoms with Gasteiger partial charge in [-0.2, -0.15) is 0 Å². The van der Waals surface area contributed by atoms with Gasteiger partial charge in [0.2, 0.25) is 5.91 Å². The highest BCUT2D eigenvalue weighted by Gasteiger charge is 2.15. The van der Waals surface area contributed by atoms with Crippen LogP contribution >= 0.6 is 15.9 Å². The molecule has 1 rings (SSSR count). The van der Waals surface area contributed by atoms with Crippen LogP contribution in [0.2, 0.25) is 0 Å². The molecule has 0 aromatic carbocycles. The second-order valence-electron chi connectivity index (χ2n) is 5.30. The number of amides is 1. The molecule has 0 aliphatic carbocycles. The first kappa shape index (κ1) is 16.9. The molecule has 0 aliphatic heterocycles. The van der Waals surface area contributed by atoms with Crippen LogP contribution < -0.4 is 10.2 Å². The number of aromatic nitrogens is 2. The fraction of sp³-hybridized carbons (Fsp3) is 0.643. The lowest BCUT2D eigenvalue weighted by Crippen LogP contribution is -2.40. The Bertz CT molecular complexity index is 462. The molecule has 0 unspecified atom stereocenters. The monoisotopic (exact) mass is 342 g/mol. The number of hydrogen-bond acceptors (Lipinski definition) is 4. The fourth-order valence-electron chi connectivity index (χ4n) is 1.74. The maximum absolute atomic E-state index is 11.9. The minimum atomic E-state index is 0.00248. The summed E-state index contributed by atoms with van der Waals surface area (Å²) in [6.45, 7) is 11.0. The van der Waals surface area contributed by atoms with E-state index in [0.717, 1.165) is 16.2 Å². The van der Waals surface area contributed by atoms with E-state index in [0.29, 0.717) is 13.1 Å². The number of likely N-dealkylation sites (N-methyl/N-ethyl adjacent to an activating group) is 1. The maximum atomic E-state index is 11.9. The number of anilines is 1. The highest BCUT2D eigenvalue weighted by molar-refractivity contribution is 9.10. The van der Waals surface area contributed by atoms with Gasteiger partial charge in [-0.25, -0.2) is 9.97 Å². The van der Waals surface area contributed by atoms with Crippen molar-refractivity contribution >= 4 is 27.7 Å². The summed E-state index contributed by atoms with van der Waals surface area (Å²) in [7, 11) is 0. The number of nitrogens with one attached hydrogen (secondary N) is 1. The molecule has 0 radical (unpaired) electrons. The largest absolute Gasteiger partial charge is 0.352 e. The molecule has 0 aliphatic rings. The van der Waals surface area contributed by atoms with Crippen LogP contribution in [0.3, 0.4) is 0 Å². The zero-order valence-electron chi connectivity index (χ0n) is 12.8. The fourth-order valence-corrected chi connectivity index (χ4v) is 2.13. The molecule has 0 spiro atoms. The van der Waals surface area contributed by atoms with E-state index in [2.05, 4.69) is 31.2 Å². The first-order chi connectivity index (χ1) is 9.33. The molecule has 1 amide bonds. The summed E-state index contributed by atoms with van der Waals surface area (Å²) in [6.07, 6.45) is 0. The minimum Gasteiger partial charge on any atom is -0.352 e. The van der Waals surface area contributed by atoms with Crippen LogP contribution in [-0.2, 0) is 4.79 Å². The van der Waals surface area contributed by atoms with E-state index in [9.17, 15) is 4.79 Å². The van der Waals surface area contributed by atoms with Gasteiger partial charge in [0, 0.05) is 24.6 Å². The lowest BCUT2D eigenvalue weighted by Gasteiger charge is -2.23. The molecule has 0 saturated heterocycles. The van der Waals surface area contributed by atoms with Crippen molar-refractivity contribution in [2.45, 2.75) is 46.6 Å². The molecule has 5 nitrogen and oxygen atoms in total. The molecule has 0 bridgehead atoms. The van der Waals surface area contributed by atoms with Crippen molar-refractivity contribution in [2.75, 3.05) is 18.0 Å². The van der Waals surface area contributed by atoms with Crippen LogP contribution in [0, 0.1) is 0 Å². The van der Waals surface area contributed by atoms with Gasteiger partial charge in [-0.1, -0.05) is 13.8 Å². The number of hydrogen-bond donors (Lipinski definition) is 1. The molecular weight excluding hydrogens is 320 g/mol. The van der Waals surface area contributed by atoms with Gasteiger partial charge >= 0.3 is 0 Å². The van der Waals surface area contributed by atoms with Crippen LogP contribution in [0.25, 0.3) is 0 Å². The normalized spacial score (nSPS) is 11.0. The Kier molecular flexibility index (Phi) is 6.39. The lowest BCUT2D eigenvalue weighted by atomic mass is 10.2. The van der Waals surface area contributed by atoms with Crippen molar-refractivity contribution < 1.29 is 4.79 Å². The Morgan fingerprint density at radius 3 is 2.50 bits per heavy atom. The van der Waals surface area contributed by atoms with Crippen molar-refractivity contribution in [2.24, 2.45) is 0 Å². The van der Waals surface area contributed by atoms with Crippen molar-refractivity contribution in [3.05, 3.63) is 16.5 Å². The van der Waals surface area contributed by atoms with E-state index in [1.54, 1.807) is 0 Å². The summed E-state index contributed by atoms with van der Waals surface area (Å²) in [5.74, 6) is 1.80. The second-order valence-corrected chi connectivity index (χ2v) is 6.11. The highest BCUT2D eigenvalue weighted by Crippen LogP contribution is 2.20. The van der Waals surface area contributed by atoms with Crippen molar-refractivity contribution in [3.63, 3.8) is 0 Å². The van der Waals surface area contributed by atoms with E-state index >= 15 is 0 Å². The molecule has 1 heterocycles. The molecule has 0 saturated carbocycles. The summed E-state index contributed by atoms with van der Waals surface area (Å²) >= 11 is 3.41. The summed E-state index contributed by atoms with van der Waals surface area (Å²) in [6, 6.07) is 1.99. The molecular formula is C14H23BrN4O. The van der Waals surface area contributed by atoms with Gasteiger partial charge in [0.25, 0.3) is 0 Å². The van der Waals surface area contributed by atoms with Crippen LogP contribution in [0.1, 0.15) is 46.4 Å². The molecule has 1 N–H and O–H groups in total. The third-order valence-electron chi connectivity index (χ3n) is 2.70. The standard InChI is InChI=1S/C14H23BrN4O/c1-6-19(8-13(20)16-10(4)5)12-7-11(15)17-14(18-12)9(2)3/h7,9-10H,6,8H2,1-5H3,(H,16,20). The smallest absolute Gasteiger partial charge is 0.239 e. The van der Waals surface area contributed by atoms with E-state index in [-0.39, 0.29) is 17.9 Å². The number of carbonyl (C=O) groups excluding carboxylic acids is 1. The van der Waals surface area contributed by atoms with E-state index in [4.69, 9.17) is 0 Å². The zero-order valence-corrected chi connectivity index (χ0v) is 14.4. The highest BCUT2D eigenvalue weighted by atomic mass is 79.9. The van der Waals surface area contributed by atoms with Gasteiger partial charge < -0.3 is 10.2 Å². The van der Waals surface area contributed by atoms with Gasteiger partial charge in [-0.3, -0.25) is 4.79 Å². The average Bonchev–Trinajstić information content (AvgIpc) is 2.34. The third-order valence-corrected chi connectivity index (χ3v) is 3.11. The second kappa shape index (κ2) is 7.57. The van der Waals surface area contributed by atoms with E-state index in [1.165, 1.54) is 0 Å². The van der Waals surface area contributed by atoms with Gasteiger partial charge in [0.15, 0.2) is 0 Å². The Hall–Kier alpha value is -1.17. The van der Waals surface area contributed by atoms with Crippen LogP contribution in [-0.4, -0.2) is 35.0 Å². The molecule has 0 atom stereocenters. The summed E-state index contributed by atoms with van der Waals surface area (Å²) in [5.41, 5.74) is 0. The molecule has 6 heteroatoms. The predicted molar refractivity (Wildman–Crippen MR) is 85.0 cm³/mol. The van der Waals surface area contributed by atoms with Gasteiger partial charge in [-0.15, -0.1) is 0 Å². The Morgan fingerprint density at radius 1 is 1.35 bits per heavy atom. The van der Waals surface area contributed by atoms with Crippen LogP contribution in [0.15, 0.2) is 10.7 Å². The molecule has 20 heavy (non-hydrogen) atoms. The number of halogens is 1. The van der Waals surface area contributed by atoms with E-state index in [1.807, 2.05) is 45.6 Å². The Morgan fingerprint density at radius 2 is 2.00 bits per heavy atom. The average molecular weight is 343 g/mol. The number of rotatable bonds is 6. The Balaban J connectivity index is 2.92. The maximum Gasteiger partial charge on any atom is 0.239 e. The summed E-state index contributed by atoms with van der Waals surface area (Å²) in [4.78, 5) is 22.7. The topological polar surface area (TPSA) is 58.1 Å². The van der Waals surface area contributed by atoms with Crippen molar-refractivity contribution in [1.29, 1.82) is 0 Å². The quantitative estimate of drug-likeness (QED) is 0.807. The lowest BCUT2D eigenvalue weighted by molar-refractivity contribution is -0.120. The third kappa shape index (κ3) is 5.07. The van der Waals surface area contributed by atoms with Gasteiger partial charge in [-0.05, 0) is 36.7 Å². The predicted octanol–water partition coefficient (Wildman–Crippen LogP) is 2.71. The van der Waals surface area contributed by atoms with Crippen molar-refractivity contribution in [3.8, 4) is 0 Å². The van der Waals surface area contributed by atoms with Crippen LogP contribution in [0.5, 0.6) is 0 Å². The zero-order chi connectivity index (χ0) is 15.3. The van der Waals surface area contributed by atoms with Crippen LogP contribution in [0.4, 0.5) is 5.82 Å². The molecule has 112 valence electrons. The molecule has 1 aromatic heterocycles. The number of nitrogens with zero attached hydrogens (tertiary/aromatic N) is 3. The number of carbonyl (C=O) groups is 1. The van der Waals surface area contributed by atoms with E-state index < -0.39 is 0 Å². The molecule has 0 fully saturated rings. The molecule has 1 aromatic rings. The first-order valence-corrected chi connectivity index (χ1v) is 7.71.